The molecule has 102 valence electrons. The monoisotopic (exact) mass is 260 g/mol. The number of carbonyl (C=O) groups is 2. The van der Waals surface area contributed by atoms with Crippen LogP contribution in [0.25, 0.3) is 0 Å². The van der Waals surface area contributed by atoms with Gasteiger partial charge >= 0.3 is 0 Å². The SMILES string of the molecule is N#C[C@@H](C(=O)[C@H]1C[C@H]2CC[C@H]1C2)C(=O)N1CCCC1. The standard InChI is InChI=1S/C15H20N2O2/c16-9-13(15(19)17-5-1-2-6-17)14(18)12-8-10-3-4-11(12)7-10/h10-13H,1-8H2/t10-,11-,12-,13-/m0/s1. The number of fused-ring (bicyclic) bond motifs is 2. The number of hydrogen-bond donors (Lipinski definition) is 0. The average molecular weight is 260 g/mol. The first-order valence-corrected chi connectivity index (χ1v) is 7.43. The Morgan fingerprint density at radius 1 is 1.16 bits per heavy atom. The van der Waals surface area contributed by atoms with Crippen molar-refractivity contribution in [3.05, 3.63) is 0 Å². The minimum atomic E-state index is -1.04. The quantitative estimate of drug-likeness (QED) is 0.726. The maximum atomic E-state index is 12.5. The van der Waals surface area contributed by atoms with Crippen LogP contribution in [0.5, 0.6) is 0 Å². The van der Waals surface area contributed by atoms with Crippen LogP contribution >= 0.6 is 0 Å². The molecule has 19 heavy (non-hydrogen) atoms. The first-order chi connectivity index (χ1) is 9.20. The maximum absolute atomic E-state index is 12.5. The van der Waals surface area contributed by atoms with Crippen molar-refractivity contribution in [2.75, 3.05) is 13.1 Å². The van der Waals surface area contributed by atoms with Gasteiger partial charge < -0.3 is 4.90 Å². The number of nitrogens with zero attached hydrogens (tertiary/aromatic N) is 2. The van der Waals surface area contributed by atoms with Crippen LogP contribution in [0.1, 0.15) is 38.5 Å². The Hall–Kier alpha value is -1.37. The Morgan fingerprint density at radius 3 is 2.42 bits per heavy atom. The van der Waals surface area contributed by atoms with E-state index in [-0.39, 0.29) is 17.6 Å². The molecule has 4 heteroatoms. The zero-order valence-corrected chi connectivity index (χ0v) is 11.2. The Bertz CT molecular complexity index is 434. The molecule has 0 radical (unpaired) electrons. The van der Waals surface area contributed by atoms with Crippen molar-refractivity contribution < 1.29 is 9.59 Å². The molecule has 0 aromatic carbocycles. The number of carbonyl (C=O) groups excluding carboxylic acids is 2. The van der Waals surface area contributed by atoms with Gasteiger partial charge in [0.1, 0.15) is 0 Å². The number of hydrogen-bond acceptors (Lipinski definition) is 3. The van der Waals surface area contributed by atoms with Gasteiger partial charge in [-0.1, -0.05) is 6.42 Å². The lowest BCUT2D eigenvalue weighted by atomic mass is 9.81. The summed E-state index contributed by atoms with van der Waals surface area (Å²) in [6.45, 7) is 1.42. The highest BCUT2D eigenvalue weighted by Gasteiger charge is 2.46. The van der Waals surface area contributed by atoms with Gasteiger partial charge in [-0.2, -0.15) is 5.26 Å². The van der Waals surface area contributed by atoms with Crippen molar-refractivity contribution in [2.24, 2.45) is 23.7 Å². The zero-order valence-electron chi connectivity index (χ0n) is 11.2. The first-order valence-electron chi connectivity index (χ1n) is 7.43. The third-order valence-corrected chi connectivity index (χ3v) is 5.18. The molecule has 3 rings (SSSR count). The number of amides is 1. The molecule has 0 unspecified atom stereocenters. The second kappa shape index (κ2) is 4.96. The largest absolute Gasteiger partial charge is 0.341 e. The van der Waals surface area contributed by atoms with Crippen LogP contribution in [0.2, 0.25) is 0 Å². The van der Waals surface area contributed by atoms with Crippen LogP contribution in [-0.2, 0) is 9.59 Å². The molecule has 0 aromatic heterocycles. The minimum absolute atomic E-state index is 0.0186. The number of nitriles is 1. The van der Waals surface area contributed by atoms with Crippen LogP contribution in [-0.4, -0.2) is 29.7 Å². The molecule has 1 amide bonds. The molecule has 3 aliphatic rings. The van der Waals surface area contributed by atoms with E-state index in [2.05, 4.69) is 0 Å². The summed E-state index contributed by atoms with van der Waals surface area (Å²) >= 11 is 0. The van der Waals surface area contributed by atoms with Gasteiger partial charge in [-0.05, 0) is 43.9 Å². The molecule has 1 heterocycles. The van der Waals surface area contributed by atoms with Crippen molar-refractivity contribution in [3.63, 3.8) is 0 Å². The van der Waals surface area contributed by atoms with Gasteiger partial charge in [0.15, 0.2) is 11.7 Å². The molecular formula is C15H20N2O2. The van der Waals surface area contributed by atoms with Crippen molar-refractivity contribution in [1.29, 1.82) is 5.26 Å². The van der Waals surface area contributed by atoms with E-state index in [4.69, 9.17) is 0 Å². The summed E-state index contributed by atoms with van der Waals surface area (Å²) in [5.74, 6) is -0.281. The topological polar surface area (TPSA) is 61.2 Å². The summed E-state index contributed by atoms with van der Waals surface area (Å²) in [4.78, 5) is 26.5. The fraction of sp³-hybridized carbons (Fsp3) is 0.800. The predicted octanol–water partition coefficient (Wildman–Crippen LogP) is 1.75. The van der Waals surface area contributed by atoms with E-state index in [1.165, 1.54) is 6.42 Å². The third kappa shape index (κ3) is 2.16. The highest BCUT2D eigenvalue weighted by molar-refractivity contribution is 6.05. The molecule has 0 N–H and O–H groups in total. The van der Waals surface area contributed by atoms with Crippen molar-refractivity contribution in [1.82, 2.24) is 4.90 Å². The minimum Gasteiger partial charge on any atom is -0.341 e. The maximum Gasteiger partial charge on any atom is 0.247 e. The smallest absolute Gasteiger partial charge is 0.247 e. The van der Waals surface area contributed by atoms with Crippen molar-refractivity contribution in [2.45, 2.75) is 38.5 Å². The zero-order chi connectivity index (χ0) is 13.4. The van der Waals surface area contributed by atoms with Crippen LogP contribution in [0, 0.1) is 35.0 Å². The molecule has 4 nitrogen and oxygen atoms in total. The Morgan fingerprint density at radius 2 is 1.89 bits per heavy atom. The van der Waals surface area contributed by atoms with Gasteiger partial charge in [-0.3, -0.25) is 9.59 Å². The highest BCUT2D eigenvalue weighted by Crippen LogP contribution is 2.49. The van der Waals surface area contributed by atoms with E-state index in [1.807, 2.05) is 6.07 Å². The number of rotatable bonds is 3. The van der Waals surface area contributed by atoms with Crippen LogP contribution in [0.15, 0.2) is 0 Å². The highest BCUT2D eigenvalue weighted by atomic mass is 16.2. The average Bonchev–Trinajstić information content (AvgIpc) is 3.15. The fourth-order valence-corrected chi connectivity index (χ4v) is 4.17. The normalized spacial score (nSPS) is 34.3. The number of ketones is 1. The first kappa shape index (κ1) is 12.7. The Labute approximate surface area is 113 Å². The lowest BCUT2D eigenvalue weighted by molar-refractivity contribution is -0.140. The molecule has 2 saturated carbocycles. The summed E-state index contributed by atoms with van der Waals surface area (Å²) in [7, 11) is 0. The van der Waals surface area contributed by atoms with Gasteiger partial charge in [0.05, 0.1) is 6.07 Å². The Kier molecular flexibility index (Phi) is 3.30. The molecule has 0 aromatic rings. The van der Waals surface area contributed by atoms with Gasteiger partial charge in [-0.25, -0.2) is 0 Å². The molecule has 1 aliphatic heterocycles. The van der Waals surface area contributed by atoms with E-state index in [1.54, 1.807) is 4.90 Å². The number of Topliss-reactive ketones (excluding diaryl/α,β-unsaturated/α-hetero) is 1. The van der Waals surface area contributed by atoms with Crippen LogP contribution < -0.4 is 0 Å². The summed E-state index contributed by atoms with van der Waals surface area (Å²) in [6.07, 6.45) is 6.36. The molecule has 0 spiro atoms. The molecular weight excluding hydrogens is 240 g/mol. The molecule has 2 bridgehead atoms. The molecule has 2 aliphatic carbocycles. The summed E-state index contributed by atoms with van der Waals surface area (Å²) in [5, 5.41) is 9.24. The molecule has 1 saturated heterocycles. The molecule has 3 fully saturated rings. The second-order valence-electron chi connectivity index (χ2n) is 6.28. The van der Waals surface area contributed by atoms with Gasteiger partial charge in [0.2, 0.25) is 5.91 Å². The number of likely N-dealkylation sites (tertiary alicyclic amines) is 1. The van der Waals surface area contributed by atoms with E-state index in [0.717, 1.165) is 32.1 Å². The van der Waals surface area contributed by atoms with Gasteiger partial charge in [0.25, 0.3) is 0 Å². The van der Waals surface area contributed by atoms with Gasteiger partial charge in [-0.15, -0.1) is 0 Å². The summed E-state index contributed by atoms with van der Waals surface area (Å²) in [6, 6.07) is 1.97. The van der Waals surface area contributed by atoms with E-state index in [0.29, 0.717) is 24.9 Å². The lowest BCUT2D eigenvalue weighted by Gasteiger charge is -2.24. The summed E-state index contributed by atoms with van der Waals surface area (Å²) < 4.78 is 0. The second-order valence-corrected chi connectivity index (χ2v) is 6.28. The molecule has 4 atom stereocenters. The van der Waals surface area contributed by atoms with Crippen LogP contribution in [0.4, 0.5) is 0 Å². The van der Waals surface area contributed by atoms with Crippen LogP contribution in [0.3, 0.4) is 0 Å². The van der Waals surface area contributed by atoms with Gasteiger partial charge in [0, 0.05) is 19.0 Å². The van der Waals surface area contributed by atoms with Crippen molar-refractivity contribution >= 4 is 11.7 Å². The summed E-state index contributed by atoms with van der Waals surface area (Å²) in [5.41, 5.74) is 0. The van der Waals surface area contributed by atoms with E-state index in [9.17, 15) is 14.9 Å². The fourth-order valence-electron chi connectivity index (χ4n) is 4.17. The lowest BCUT2D eigenvalue weighted by Crippen LogP contribution is -2.40. The Balaban J connectivity index is 1.70. The van der Waals surface area contributed by atoms with E-state index >= 15 is 0 Å². The predicted molar refractivity (Wildman–Crippen MR) is 68.9 cm³/mol. The van der Waals surface area contributed by atoms with E-state index < -0.39 is 5.92 Å². The third-order valence-electron chi connectivity index (χ3n) is 5.18. The van der Waals surface area contributed by atoms with Crippen molar-refractivity contribution in [3.8, 4) is 6.07 Å².